The summed E-state index contributed by atoms with van der Waals surface area (Å²) in [7, 11) is 0. The number of hydrogen-bond acceptors (Lipinski definition) is 3. The van der Waals surface area contributed by atoms with E-state index >= 15 is 0 Å². The molecule has 5 rings (SSSR count). The maximum absolute atomic E-state index is 6.27. The molecular weight excluding hydrogens is 446 g/mol. The summed E-state index contributed by atoms with van der Waals surface area (Å²) in [5.41, 5.74) is 7.00. The minimum absolute atomic E-state index is 0.498. The van der Waals surface area contributed by atoms with Crippen molar-refractivity contribution in [3.63, 3.8) is 0 Å². The predicted octanol–water partition coefficient (Wildman–Crippen LogP) is 9.07. The standard InChI is InChI=1S/C29H28ClNOS/c1-20-31-29(19-33-20)24-11-16-28(23-7-12-26(30)13-8-23)25(17-24)18-32-27-14-9-22(10-15-27)21-5-3-2-4-6-21/h7-17,19,21H,2-6,18H2,1H3. The maximum atomic E-state index is 6.27. The van der Waals surface area contributed by atoms with Gasteiger partial charge in [-0.25, -0.2) is 4.98 Å². The topological polar surface area (TPSA) is 22.1 Å². The molecule has 0 amide bonds. The number of thiazole rings is 1. The lowest BCUT2D eigenvalue weighted by Crippen LogP contribution is -2.04. The van der Waals surface area contributed by atoms with Gasteiger partial charge in [-0.3, -0.25) is 0 Å². The van der Waals surface area contributed by atoms with Gasteiger partial charge in [-0.2, -0.15) is 0 Å². The zero-order chi connectivity index (χ0) is 22.6. The largest absolute Gasteiger partial charge is 0.489 e. The number of benzene rings is 3. The first-order valence-electron chi connectivity index (χ1n) is 11.7. The monoisotopic (exact) mass is 473 g/mol. The first-order chi connectivity index (χ1) is 16.2. The highest BCUT2D eigenvalue weighted by Crippen LogP contribution is 2.34. The second-order valence-corrected chi connectivity index (χ2v) is 10.3. The summed E-state index contributed by atoms with van der Waals surface area (Å²) >= 11 is 7.80. The van der Waals surface area contributed by atoms with E-state index in [1.165, 1.54) is 37.7 Å². The lowest BCUT2D eigenvalue weighted by atomic mass is 9.84. The van der Waals surface area contributed by atoms with Crippen molar-refractivity contribution in [2.75, 3.05) is 0 Å². The smallest absolute Gasteiger partial charge is 0.119 e. The van der Waals surface area contributed by atoms with E-state index < -0.39 is 0 Å². The van der Waals surface area contributed by atoms with Crippen molar-refractivity contribution < 1.29 is 4.74 Å². The van der Waals surface area contributed by atoms with Crippen LogP contribution in [0.5, 0.6) is 5.75 Å². The minimum Gasteiger partial charge on any atom is -0.489 e. The third-order valence-corrected chi connectivity index (χ3v) is 7.55. The summed E-state index contributed by atoms with van der Waals surface area (Å²) in [6.07, 6.45) is 6.71. The van der Waals surface area contributed by atoms with Crippen LogP contribution >= 0.6 is 22.9 Å². The van der Waals surface area contributed by atoms with Gasteiger partial charge in [0.25, 0.3) is 0 Å². The molecule has 1 aliphatic carbocycles. The first-order valence-corrected chi connectivity index (χ1v) is 13.0. The molecule has 1 fully saturated rings. The van der Waals surface area contributed by atoms with Gasteiger partial charge >= 0.3 is 0 Å². The summed E-state index contributed by atoms with van der Waals surface area (Å²) in [5, 5.41) is 3.92. The van der Waals surface area contributed by atoms with Crippen LogP contribution in [0, 0.1) is 6.92 Å². The second kappa shape index (κ2) is 10.1. The van der Waals surface area contributed by atoms with Gasteiger partial charge < -0.3 is 4.74 Å². The number of halogens is 1. The van der Waals surface area contributed by atoms with Crippen molar-refractivity contribution in [1.29, 1.82) is 0 Å². The molecule has 0 radical (unpaired) electrons. The van der Waals surface area contributed by atoms with Crippen LogP contribution in [0.1, 0.15) is 54.2 Å². The van der Waals surface area contributed by atoms with E-state index in [4.69, 9.17) is 16.3 Å². The summed E-state index contributed by atoms with van der Waals surface area (Å²) in [6.45, 7) is 2.54. The van der Waals surface area contributed by atoms with Crippen LogP contribution < -0.4 is 4.74 Å². The molecule has 2 nitrogen and oxygen atoms in total. The van der Waals surface area contributed by atoms with Crippen molar-refractivity contribution in [3.8, 4) is 28.1 Å². The zero-order valence-electron chi connectivity index (χ0n) is 18.9. The lowest BCUT2D eigenvalue weighted by Gasteiger charge is -2.22. The van der Waals surface area contributed by atoms with E-state index in [0.29, 0.717) is 12.5 Å². The van der Waals surface area contributed by atoms with E-state index in [2.05, 4.69) is 65.0 Å². The molecule has 0 unspecified atom stereocenters. The van der Waals surface area contributed by atoms with Gasteiger partial charge in [0.05, 0.1) is 10.7 Å². The quantitative estimate of drug-likeness (QED) is 0.278. The molecule has 0 bridgehead atoms. The highest BCUT2D eigenvalue weighted by atomic mass is 35.5. The molecule has 1 aromatic heterocycles. The number of rotatable bonds is 6. The second-order valence-electron chi connectivity index (χ2n) is 8.82. The van der Waals surface area contributed by atoms with Crippen molar-refractivity contribution in [2.45, 2.75) is 51.6 Å². The predicted molar refractivity (Wildman–Crippen MR) is 139 cm³/mol. The minimum atomic E-state index is 0.498. The van der Waals surface area contributed by atoms with Crippen LogP contribution in [-0.4, -0.2) is 4.98 Å². The average Bonchev–Trinajstić information content (AvgIpc) is 3.30. The molecule has 0 spiro atoms. The SMILES string of the molecule is Cc1nc(-c2ccc(-c3ccc(Cl)cc3)c(COc3ccc(C4CCCCC4)cc3)c2)cs1. The maximum Gasteiger partial charge on any atom is 0.119 e. The number of aromatic nitrogens is 1. The van der Waals surface area contributed by atoms with Gasteiger partial charge in [-0.15, -0.1) is 11.3 Å². The van der Waals surface area contributed by atoms with Gasteiger partial charge in [-0.1, -0.05) is 67.3 Å². The van der Waals surface area contributed by atoms with Crippen molar-refractivity contribution in [3.05, 3.63) is 93.3 Å². The molecule has 1 aliphatic rings. The Morgan fingerprint density at radius 2 is 1.64 bits per heavy atom. The van der Waals surface area contributed by atoms with Crippen molar-refractivity contribution in [1.82, 2.24) is 4.98 Å². The summed E-state index contributed by atoms with van der Waals surface area (Å²) < 4.78 is 6.27. The third kappa shape index (κ3) is 5.31. The summed E-state index contributed by atoms with van der Waals surface area (Å²) in [6, 6.07) is 23.2. The number of ether oxygens (including phenoxy) is 1. The van der Waals surface area contributed by atoms with E-state index in [9.17, 15) is 0 Å². The van der Waals surface area contributed by atoms with Crippen LogP contribution in [-0.2, 0) is 6.61 Å². The van der Waals surface area contributed by atoms with Gasteiger partial charge in [0.15, 0.2) is 0 Å². The van der Waals surface area contributed by atoms with E-state index in [1.54, 1.807) is 11.3 Å². The molecule has 4 aromatic rings. The number of nitrogens with zero attached hydrogens (tertiary/aromatic N) is 1. The molecule has 0 aliphatic heterocycles. The normalized spacial score (nSPS) is 14.4. The van der Waals surface area contributed by atoms with Gasteiger partial charge in [0.2, 0.25) is 0 Å². The first kappa shape index (κ1) is 22.2. The Labute approximate surface area is 205 Å². The van der Waals surface area contributed by atoms with E-state index in [0.717, 1.165) is 43.7 Å². The fourth-order valence-electron chi connectivity index (χ4n) is 4.71. The Balaban J connectivity index is 1.39. The number of aryl methyl sites for hydroxylation is 1. The number of hydrogen-bond donors (Lipinski definition) is 0. The lowest BCUT2D eigenvalue weighted by molar-refractivity contribution is 0.306. The highest BCUT2D eigenvalue weighted by molar-refractivity contribution is 7.09. The Kier molecular flexibility index (Phi) is 6.80. The third-order valence-electron chi connectivity index (χ3n) is 6.53. The van der Waals surface area contributed by atoms with Crippen LogP contribution in [0.25, 0.3) is 22.4 Å². The molecule has 33 heavy (non-hydrogen) atoms. The van der Waals surface area contributed by atoms with Crippen LogP contribution in [0.2, 0.25) is 5.02 Å². The molecule has 168 valence electrons. The van der Waals surface area contributed by atoms with Crippen molar-refractivity contribution in [2.24, 2.45) is 0 Å². The average molecular weight is 474 g/mol. The molecule has 0 atom stereocenters. The molecule has 1 saturated carbocycles. The zero-order valence-corrected chi connectivity index (χ0v) is 20.5. The summed E-state index contributed by atoms with van der Waals surface area (Å²) in [4.78, 5) is 4.67. The van der Waals surface area contributed by atoms with Crippen LogP contribution in [0.3, 0.4) is 0 Å². The fraction of sp³-hybridized carbons (Fsp3) is 0.276. The van der Waals surface area contributed by atoms with Crippen LogP contribution in [0.4, 0.5) is 0 Å². The van der Waals surface area contributed by atoms with Gasteiger partial charge in [0, 0.05) is 16.0 Å². The molecule has 0 N–H and O–H groups in total. The molecule has 3 aromatic carbocycles. The molecule has 1 heterocycles. The van der Waals surface area contributed by atoms with E-state index in [1.807, 2.05) is 19.1 Å². The van der Waals surface area contributed by atoms with Gasteiger partial charge in [0.1, 0.15) is 12.4 Å². The Hall–Kier alpha value is -2.62. The fourth-order valence-corrected chi connectivity index (χ4v) is 5.46. The van der Waals surface area contributed by atoms with Gasteiger partial charge in [-0.05, 0) is 78.3 Å². The Morgan fingerprint density at radius 3 is 2.33 bits per heavy atom. The molecular formula is C29H28ClNOS. The molecule has 0 saturated heterocycles. The Morgan fingerprint density at radius 1 is 0.909 bits per heavy atom. The summed E-state index contributed by atoms with van der Waals surface area (Å²) in [5.74, 6) is 1.62. The van der Waals surface area contributed by atoms with E-state index in [-0.39, 0.29) is 0 Å². The molecule has 4 heteroatoms. The van der Waals surface area contributed by atoms with Crippen LogP contribution in [0.15, 0.2) is 72.1 Å². The Bertz CT molecular complexity index is 1210. The van der Waals surface area contributed by atoms with Crippen molar-refractivity contribution >= 4 is 22.9 Å². The highest BCUT2D eigenvalue weighted by Gasteiger charge is 2.15.